The van der Waals surface area contributed by atoms with Crippen LogP contribution < -0.4 is 5.32 Å². The van der Waals surface area contributed by atoms with Gasteiger partial charge in [-0.05, 0) is 18.2 Å². The van der Waals surface area contributed by atoms with E-state index < -0.39 is 5.91 Å². The lowest BCUT2D eigenvalue weighted by molar-refractivity contribution is 0.102. The number of carbonyl (C=O) groups is 3. The molecule has 0 fully saturated rings. The van der Waals surface area contributed by atoms with Gasteiger partial charge < -0.3 is 15.4 Å². The summed E-state index contributed by atoms with van der Waals surface area (Å²) in [6.07, 6.45) is 1.91. The molecule has 2 aromatic heterocycles. The summed E-state index contributed by atoms with van der Waals surface area (Å²) >= 11 is 6.05. The van der Waals surface area contributed by atoms with Crippen LogP contribution in [0.2, 0.25) is 5.15 Å². The molecule has 0 aliphatic heterocycles. The van der Waals surface area contributed by atoms with Gasteiger partial charge in [0.2, 0.25) is 0 Å². The summed E-state index contributed by atoms with van der Waals surface area (Å²) in [5, 5.41) is 17.1. The predicted octanol–water partition coefficient (Wildman–Crippen LogP) is 3.56. The summed E-state index contributed by atoms with van der Waals surface area (Å²) < 4.78 is 1.38. The Balaban J connectivity index is 1.61. The molecule has 0 aliphatic rings. The summed E-state index contributed by atoms with van der Waals surface area (Å²) in [5.74, 6) is -0.972. The third-order valence-corrected chi connectivity index (χ3v) is 5.14. The number of H-pyrrole nitrogens is 1. The Bertz CT molecular complexity index is 1320. The molecule has 0 atom stereocenters. The number of aromatic hydroxyl groups is 1. The molecule has 0 bridgehead atoms. The molecule has 4 aromatic rings. The molecule has 0 saturated heterocycles. The quantitative estimate of drug-likeness (QED) is 0.336. The van der Waals surface area contributed by atoms with Crippen molar-refractivity contribution in [1.29, 1.82) is 0 Å². The van der Waals surface area contributed by atoms with Gasteiger partial charge in [0.25, 0.3) is 5.91 Å². The van der Waals surface area contributed by atoms with Crippen LogP contribution in [0.1, 0.15) is 36.6 Å². The van der Waals surface area contributed by atoms with Gasteiger partial charge in [-0.2, -0.15) is 5.10 Å². The largest absolute Gasteiger partial charge is 0.494 e. The zero-order valence-electron chi connectivity index (χ0n) is 15.6. The topological polar surface area (TPSA) is 117 Å². The maximum Gasteiger partial charge on any atom is 0.260 e. The van der Waals surface area contributed by atoms with Gasteiger partial charge in [-0.3, -0.25) is 19.1 Å². The number of anilines is 1. The van der Waals surface area contributed by atoms with E-state index in [1.165, 1.54) is 10.9 Å². The van der Waals surface area contributed by atoms with Gasteiger partial charge in [-0.15, -0.1) is 0 Å². The molecule has 0 saturated carbocycles. The van der Waals surface area contributed by atoms with Gasteiger partial charge in [0.15, 0.2) is 17.9 Å². The first-order valence-corrected chi connectivity index (χ1v) is 9.20. The van der Waals surface area contributed by atoms with Crippen LogP contribution >= 0.6 is 11.6 Å². The van der Waals surface area contributed by atoms with Crippen LogP contribution in [-0.2, 0) is 7.05 Å². The number of aldehydes is 1. The van der Waals surface area contributed by atoms with E-state index in [0.717, 1.165) is 0 Å². The first-order valence-electron chi connectivity index (χ1n) is 8.82. The zero-order valence-corrected chi connectivity index (χ0v) is 16.4. The van der Waals surface area contributed by atoms with E-state index in [0.29, 0.717) is 34.0 Å². The molecular weight excluding hydrogens is 408 g/mol. The average Bonchev–Trinajstić information content (AvgIpc) is 3.24. The van der Waals surface area contributed by atoms with Crippen molar-refractivity contribution in [3.63, 3.8) is 0 Å². The van der Waals surface area contributed by atoms with E-state index in [1.54, 1.807) is 49.5 Å². The fraction of sp³-hybridized carbons (Fsp3) is 0.0476. The molecule has 0 aliphatic carbocycles. The third-order valence-electron chi connectivity index (χ3n) is 4.69. The minimum absolute atomic E-state index is 0.141. The van der Waals surface area contributed by atoms with Gasteiger partial charge in [0.05, 0.1) is 17.3 Å². The van der Waals surface area contributed by atoms with Crippen molar-refractivity contribution in [2.75, 3.05) is 5.32 Å². The molecule has 0 unspecified atom stereocenters. The van der Waals surface area contributed by atoms with E-state index in [2.05, 4.69) is 15.4 Å². The number of hydrogen-bond acceptors (Lipinski definition) is 5. The monoisotopic (exact) mass is 422 g/mol. The Morgan fingerprint density at radius 3 is 2.67 bits per heavy atom. The van der Waals surface area contributed by atoms with Crippen LogP contribution in [0.5, 0.6) is 5.88 Å². The summed E-state index contributed by atoms with van der Waals surface area (Å²) in [7, 11) is 1.62. The van der Waals surface area contributed by atoms with E-state index >= 15 is 0 Å². The number of aromatic amines is 1. The van der Waals surface area contributed by atoms with Crippen molar-refractivity contribution in [1.82, 2.24) is 14.8 Å². The molecule has 30 heavy (non-hydrogen) atoms. The van der Waals surface area contributed by atoms with Crippen LogP contribution in [-0.4, -0.2) is 37.8 Å². The minimum atomic E-state index is -0.442. The van der Waals surface area contributed by atoms with Gasteiger partial charge in [-0.25, -0.2) is 0 Å². The Morgan fingerprint density at radius 1 is 1.20 bits per heavy atom. The SMILES string of the molecule is Cn1ncc(C(=O)Nc2cccc(C(=O)c3ccc4c(C=O)c(O)[nH]c4c3)c2)c1Cl. The highest BCUT2D eigenvalue weighted by Gasteiger charge is 2.17. The molecule has 0 radical (unpaired) electrons. The number of hydrogen-bond donors (Lipinski definition) is 3. The highest BCUT2D eigenvalue weighted by atomic mass is 35.5. The molecule has 2 heterocycles. The number of benzene rings is 2. The highest BCUT2D eigenvalue weighted by Crippen LogP contribution is 2.27. The molecule has 3 N–H and O–H groups in total. The fourth-order valence-electron chi connectivity index (χ4n) is 3.14. The van der Waals surface area contributed by atoms with E-state index in [4.69, 9.17) is 11.6 Å². The van der Waals surface area contributed by atoms with Crippen LogP contribution in [0.3, 0.4) is 0 Å². The van der Waals surface area contributed by atoms with Crippen molar-refractivity contribution in [3.8, 4) is 5.88 Å². The lowest BCUT2D eigenvalue weighted by atomic mass is 10.0. The molecule has 4 rings (SSSR count). The van der Waals surface area contributed by atoms with Gasteiger partial charge in [0.1, 0.15) is 5.15 Å². The number of halogens is 1. The molecular formula is C21H15ClN4O4. The van der Waals surface area contributed by atoms with Crippen LogP contribution in [0.4, 0.5) is 5.69 Å². The van der Waals surface area contributed by atoms with Crippen molar-refractivity contribution in [3.05, 3.63) is 76.1 Å². The maximum absolute atomic E-state index is 12.9. The second-order valence-corrected chi connectivity index (χ2v) is 6.96. The summed E-state index contributed by atoms with van der Waals surface area (Å²) in [4.78, 5) is 39.1. The fourth-order valence-corrected chi connectivity index (χ4v) is 3.32. The van der Waals surface area contributed by atoms with E-state index in [-0.39, 0.29) is 27.9 Å². The normalized spacial score (nSPS) is 10.9. The smallest absolute Gasteiger partial charge is 0.260 e. The standard InChI is InChI=1S/C21H15ClN4O4/c1-26-19(22)15(9-23-26)20(29)24-13-4-2-3-11(7-13)18(28)12-5-6-14-16(10-27)21(30)25-17(14)8-12/h2-10,25,30H,1H3,(H,24,29). The summed E-state index contributed by atoms with van der Waals surface area (Å²) in [5.41, 5.74) is 1.97. The first kappa shape index (κ1) is 19.4. The number of aromatic nitrogens is 3. The lowest BCUT2D eigenvalue weighted by Gasteiger charge is -2.07. The molecule has 0 spiro atoms. The second-order valence-electron chi connectivity index (χ2n) is 6.60. The van der Waals surface area contributed by atoms with Crippen LogP contribution in [0.25, 0.3) is 10.9 Å². The lowest BCUT2D eigenvalue weighted by Crippen LogP contribution is -2.12. The number of amides is 1. The predicted molar refractivity (Wildman–Crippen MR) is 111 cm³/mol. The van der Waals surface area contributed by atoms with Crippen molar-refractivity contribution in [2.24, 2.45) is 7.05 Å². The number of nitrogens with one attached hydrogen (secondary N) is 2. The van der Waals surface area contributed by atoms with Crippen LogP contribution in [0, 0.1) is 0 Å². The summed E-state index contributed by atoms with van der Waals surface area (Å²) in [6.45, 7) is 0. The van der Waals surface area contributed by atoms with Crippen molar-refractivity contribution >= 4 is 46.2 Å². The van der Waals surface area contributed by atoms with Gasteiger partial charge >= 0.3 is 0 Å². The number of carbonyl (C=O) groups excluding carboxylic acids is 3. The minimum Gasteiger partial charge on any atom is -0.494 e. The molecule has 1 amide bonds. The highest BCUT2D eigenvalue weighted by molar-refractivity contribution is 6.33. The number of nitrogens with zero attached hydrogens (tertiary/aromatic N) is 2. The van der Waals surface area contributed by atoms with Gasteiger partial charge in [0, 0.05) is 34.8 Å². The van der Waals surface area contributed by atoms with Crippen LogP contribution in [0.15, 0.2) is 48.7 Å². The van der Waals surface area contributed by atoms with E-state index in [1.807, 2.05) is 0 Å². The van der Waals surface area contributed by atoms with Crippen molar-refractivity contribution < 1.29 is 19.5 Å². The first-order chi connectivity index (χ1) is 14.4. The Morgan fingerprint density at radius 2 is 1.97 bits per heavy atom. The average molecular weight is 423 g/mol. The molecule has 9 heteroatoms. The number of rotatable bonds is 5. The maximum atomic E-state index is 12.9. The molecule has 8 nitrogen and oxygen atoms in total. The Hall–Kier alpha value is -3.91. The number of ketones is 1. The van der Waals surface area contributed by atoms with Crippen molar-refractivity contribution in [2.45, 2.75) is 0 Å². The summed E-state index contributed by atoms with van der Waals surface area (Å²) in [6, 6.07) is 11.2. The zero-order chi connectivity index (χ0) is 21.4. The van der Waals surface area contributed by atoms with E-state index in [9.17, 15) is 19.5 Å². The Labute approximate surface area is 175 Å². The molecule has 2 aromatic carbocycles. The molecule has 150 valence electrons. The third kappa shape index (κ3) is 3.33. The number of fused-ring (bicyclic) bond motifs is 1. The van der Waals surface area contributed by atoms with Gasteiger partial charge in [-0.1, -0.05) is 35.9 Å². The second kappa shape index (κ2) is 7.49. The number of aryl methyl sites for hydroxylation is 1. The Kier molecular flexibility index (Phi) is 4.85.